The summed E-state index contributed by atoms with van der Waals surface area (Å²) in [6, 6.07) is 21.6. The molecule has 0 bridgehead atoms. The fourth-order valence-corrected chi connectivity index (χ4v) is 7.51. The fourth-order valence-electron chi connectivity index (χ4n) is 5.89. The van der Waals surface area contributed by atoms with Gasteiger partial charge in [0.1, 0.15) is 6.61 Å². The molecule has 12 heteroatoms. The second-order valence-electron chi connectivity index (χ2n) is 11.3. The van der Waals surface area contributed by atoms with E-state index in [2.05, 4.69) is 39.1 Å². The summed E-state index contributed by atoms with van der Waals surface area (Å²) in [5.74, 6) is 0.390. The number of benzene rings is 4. The maximum absolute atomic E-state index is 14.2. The third-order valence-corrected chi connectivity index (χ3v) is 9.72. The van der Waals surface area contributed by atoms with Crippen LogP contribution in [0.1, 0.15) is 49.1 Å². The number of nitro benzene ring substituents is 1. The van der Waals surface area contributed by atoms with Gasteiger partial charge in [0.15, 0.2) is 16.3 Å². The normalized spacial score (nSPS) is 14.4. The lowest BCUT2D eigenvalue weighted by atomic mass is 9.94. The molecule has 0 aliphatic carbocycles. The molecule has 0 saturated carbocycles. The summed E-state index contributed by atoms with van der Waals surface area (Å²) < 4.78 is 20.1. The number of fused-ring (bicyclic) bond motifs is 2. The third-order valence-electron chi connectivity index (χ3n) is 8.14. The summed E-state index contributed by atoms with van der Waals surface area (Å²) in [5, 5.41) is 14.1. The van der Waals surface area contributed by atoms with Crippen molar-refractivity contribution in [3.05, 3.63) is 141 Å². The van der Waals surface area contributed by atoms with Crippen molar-refractivity contribution in [2.24, 2.45) is 4.99 Å². The van der Waals surface area contributed by atoms with Crippen molar-refractivity contribution in [2.45, 2.75) is 40.3 Å². The van der Waals surface area contributed by atoms with Crippen LogP contribution in [-0.2, 0) is 16.1 Å². The molecule has 49 heavy (non-hydrogen) atoms. The molecule has 250 valence electrons. The predicted molar refractivity (Wildman–Crippen MR) is 192 cm³/mol. The van der Waals surface area contributed by atoms with Crippen molar-refractivity contribution < 1.29 is 23.9 Å². The van der Waals surface area contributed by atoms with Crippen molar-refractivity contribution in [3.63, 3.8) is 0 Å². The first-order valence-electron chi connectivity index (χ1n) is 15.6. The molecule has 5 aromatic rings. The van der Waals surface area contributed by atoms with Crippen LogP contribution in [0.25, 0.3) is 16.8 Å². The maximum atomic E-state index is 14.2. The predicted octanol–water partition coefficient (Wildman–Crippen LogP) is 6.91. The lowest BCUT2D eigenvalue weighted by molar-refractivity contribution is -0.385. The molecule has 0 radical (unpaired) electrons. The summed E-state index contributed by atoms with van der Waals surface area (Å²) in [7, 11) is 0. The van der Waals surface area contributed by atoms with Gasteiger partial charge < -0.3 is 14.2 Å². The number of carbonyl (C=O) groups is 1. The van der Waals surface area contributed by atoms with Crippen LogP contribution >= 0.6 is 27.3 Å². The van der Waals surface area contributed by atoms with E-state index in [0.717, 1.165) is 27.7 Å². The molecule has 1 aromatic heterocycles. The molecule has 0 amide bonds. The molecule has 4 aromatic carbocycles. The molecule has 0 fully saturated rings. The van der Waals surface area contributed by atoms with Gasteiger partial charge in [0.2, 0.25) is 0 Å². The van der Waals surface area contributed by atoms with Gasteiger partial charge >= 0.3 is 5.97 Å². The summed E-state index contributed by atoms with van der Waals surface area (Å²) in [6.45, 7) is 7.68. The minimum absolute atomic E-state index is 0.111. The number of rotatable bonds is 10. The van der Waals surface area contributed by atoms with E-state index in [0.29, 0.717) is 60.9 Å². The van der Waals surface area contributed by atoms with Gasteiger partial charge in [0, 0.05) is 11.6 Å². The molecular formula is C37H32BrN3O7S. The number of halogens is 1. The van der Waals surface area contributed by atoms with Gasteiger partial charge in [-0.05, 0) is 89.3 Å². The van der Waals surface area contributed by atoms with Crippen molar-refractivity contribution in [3.8, 4) is 11.5 Å². The van der Waals surface area contributed by atoms with Gasteiger partial charge in [0.05, 0.1) is 44.5 Å². The number of esters is 1. The van der Waals surface area contributed by atoms with Gasteiger partial charge in [-0.3, -0.25) is 19.5 Å². The Hall–Kier alpha value is -5.07. The van der Waals surface area contributed by atoms with Crippen molar-refractivity contribution in [1.82, 2.24) is 4.57 Å². The topological polar surface area (TPSA) is 122 Å². The van der Waals surface area contributed by atoms with Crippen LogP contribution in [0.2, 0.25) is 0 Å². The zero-order chi connectivity index (χ0) is 34.8. The minimum atomic E-state index is -0.979. The minimum Gasteiger partial charge on any atom is -0.490 e. The number of nitrogens with zero attached hydrogens (tertiary/aromatic N) is 3. The highest BCUT2D eigenvalue weighted by atomic mass is 79.9. The van der Waals surface area contributed by atoms with E-state index in [4.69, 9.17) is 14.2 Å². The SMILES string of the molecule is CCOC(=O)C1=C(C)N=c2s/c(=C/c3cc(Br)c(OCc4cccc5ccccc45)c(OCC)c3)c(=O)n2[C@H]1c1ccc(C)c([N+](=O)[O-])c1. The standard InChI is InChI=1S/C37H32BrN3O7S/c1-5-46-30-17-23(16-28(38)34(30)48-20-26-12-9-11-24-10-7-8-13-27(24)26)18-31-35(42)40-33(25-15-14-21(3)29(19-25)41(44)45)32(36(43)47-6-2)22(4)39-37(40)49-31/h7-19,33H,5-6,20H2,1-4H3/b31-18+/t33-/m0/s1. The van der Waals surface area contributed by atoms with E-state index in [1.165, 1.54) is 10.6 Å². The molecule has 0 spiro atoms. The quantitative estimate of drug-likeness (QED) is 0.0867. The Kier molecular flexibility index (Phi) is 9.79. The van der Waals surface area contributed by atoms with Gasteiger partial charge in [-0.25, -0.2) is 9.79 Å². The molecule has 2 heterocycles. The zero-order valence-electron chi connectivity index (χ0n) is 27.2. The number of thiazole rings is 1. The average molecular weight is 743 g/mol. The molecule has 1 atom stereocenters. The van der Waals surface area contributed by atoms with Crippen LogP contribution in [0.3, 0.4) is 0 Å². The number of allylic oxidation sites excluding steroid dienone is 1. The Bertz CT molecular complexity index is 2340. The molecular weight excluding hydrogens is 710 g/mol. The van der Waals surface area contributed by atoms with E-state index < -0.39 is 22.5 Å². The highest BCUT2D eigenvalue weighted by Crippen LogP contribution is 2.38. The number of hydrogen-bond donors (Lipinski definition) is 0. The average Bonchev–Trinajstić information content (AvgIpc) is 3.37. The highest BCUT2D eigenvalue weighted by Gasteiger charge is 2.34. The van der Waals surface area contributed by atoms with Crippen LogP contribution in [-0.4, -0.2) is 28.7 Å². The summed E-state index contributed by atoms with van der Waals surface area (Å²) in [6.07, 6.45) is 1.73. The van der Waals surface area contributed by atoms with E-state index in [9.17, 15) is 19.7 Å². The van der Waals surface area contributed by atoms with Crippen molar-refractivity contribution in [1.29, 1.82) is 0 Å². The Balaban J connectivity index is 1.43. The lowest BCUT2D eigenvalue weighted by Crippen LogP contribution is -2.40. The van der Waals surface area contributed by atoms with Gasteiger partial charge in [-0.2, -0.15) is 0 Å². The van der Waals surface area contributed by atoms with Gasteiger partial charge in [-0.1, -0.05) is 65.9 Å². The van der Waals surface area contributed by atoms with Crippen LogP contribution in [0.4, 0.5) is 5.69 Å². The maximum Gasteiger partial charge on any atom is 0.338 e. The van der Waals surface area contributed by atoms with Gasteiger partial charge in [-0.15, -0.1) is 0 Å². The highest BCUT2D eigenvalue weighted by molar-refractivity contribution is 9.10. The Morgan fingerprint density at radius 2 is 1.82 bits per heavy atom. The summed E-state index contributed by atoms with van der Waals surface area (Å²) in [5.41, 5.74) is 2.55. The molecule has 0 unspecified atom stereocenters. The molecule has 6 rings (SSSR count). The monoisotopic (exact) mass is 741 g/mol. The molecule has 1 aliphatic rings. The number of aromatic nitrogens is 1. The molecule has 0 N–H and O–H groups in total. The first kappa shape index (κ1) is 33.8. The lowest BCUT2D eigenvalue weighted by Gasteiger charge is -2.24. The second-order valence-corrected chi connectivity index (χ2v) is 13.2. The van der Waals surface area contributed by atoms with Crippen LogP contribution < -0.4 is 24.4 Å². The van der Waals surface area contributed by atoms with Crippen molar-refractivity contribution in [2.75, 3.05) is 13.2 Å². The van der Waals surface area contributed by atoms with Crippen LogP contribution in [0.5, 0.6) is 11.5 Å². The molecule has 1 aliphatic heterocycles. The van der Waals surface area contributed by atoms with Crippen LogP contribution in [0.15, 0.2) is 98.3 Å². The number of hydrogen-bond acceptors (Lipinski definition) is 9. The molecule has 10 nitrogen and oxygen atoms in total. The van der Waals surface area contributed by atoms with E-state index in [-0.39, 0.29) is 17.9 Å². The second kappa shape index (κ2) is 14.2. The zero-order valence-corrected chi connectivity index (χ0v) is 29.6. The van der Waals surface area contributed by atoms with E-state index >= 15 is 0 Å². The first-order valence-corrected chi connectivity index (χ1v) is 17.2. The first-order chi connectivity index (χ1) is 23.6. The van der Waals surface area contributed by atoms with E-state index in [1.807, 2.05) is 37.3 Å². The number of aryl methyl sites for hydroxylation is 1. The van der Waals surface area contributed by atoms with Gasteiger partial charge in [0.25, 0.3) is 11.2 Å². The molecule has 0 saturated heterocycles. The van der Waals surface area contributed by atoms with Crippen molar-refractivity contribution >= 4 is 55.8 Å². The number of carbonyl (C=O) groups excluding carboxylic acids is 1. The fraction of sp³-hybridized carbons (Fsp3) is 0.216. The Morgan fingerprint density at radius 3 is 2.57 bits per heavy atom. The van der Waals surface area contributed by atoms with E-state index in [1.54, 1.807) is 45.0 Å². The summed E-state index contributed by atoms with van der Waals surface area (Å²) >= 11 is 4.81. The Labute approximate surface area is 293 Å². The van der Waals surface area contributed by atoms with Crippen LogP contribution in [0, 0.1) is 17.0 Å². The summed E-state index contributed by atoms with van der Waals surface area (Å²) in [4.78, 5) is 43.7. The third kappa shape index (κ3) is 6.66. The Morgan fingerprint density at radius 1 is 1.04 bits per heavy atom. The largest absolute Gasteiger partial charge is 0.490 e. The number of ether oxygens (including phenoxy) is 3. The number of nitro groups is 1. The smallest absolute Gasteiger partial charge is 0.338 e.